The standard InChI is InChI=1S/C12H10O2Se/c13-15(14)12-9-5-4-8-11(12)10-6-2-1-3-7-10/h1-9H,(H,13,14). The average molecular weight is 265 g/mol. The predicted octanol–water partition coefficient (Wildman–Crippen LogP) is 1.47. The monoisotopic (exact) mass is 266 g/mol. The molecule has 15 heavy (non-hydrogen) atoms. The Kier molecular flexibility index (Phi) is 3.07. The van der Waals surface area contributed by atoms with Crippen LogP contribution in [0.5, 0.6) is 0 Å². The first-order valence-electron chi connectivity index (χ1n) is 4.54. The fourth-order valence-electron chi connectivity index (χ4n) is 1.48. The van der Waals surface area contributed by atoms with E-state index in [1.165, 1.54) is 0 Å². The fraction of sp³-hybridized carbons (Fsp3) is 0. The zero-order chi connectivity index (χ0) is 10.7. The van der Waals surface area contributed by atoms with Crippen LogP contribution in [-0.4, -0.2) is 18.4 Å². The van der Waals surface area contributed by atoms with Crippen LogP contribution in [-0.2, 0) is 3.83 Å². The summed E-state index contributed by atoms with van der Waals surface area (Å²) in [5.74, 6) is 0. The third kappa shape index (κ3) is 2.21. The molecule has 2 rings (SSSR count). The van der Waals surface area contributed by atoms with Gasteiger partial charge < -0.3 is 0 Å². The van der Waals surface area contributed by atoms with E-state index in [2.05, 4.69) is 0 Å². The minimum absolute atomic E-state index is 0.545. The van der Waals surface area contributed by atoms with Crippen molar-refractivity contribution in [3.8, 4) is 11.1 Å². The third-order valence-corrected chi connectivity index (χ3v) is 3.70. The summed E-state index contributed by atoms with van der Waals surface area (Å²) in [6, 6.07) is 16.9. The zero-order valence-electron chi connectivity index (χ0n) is 7.96. The summed E-state index contributed by atoms with van der Waals surface area (Å²) in [6.07, 6.45) is 0. The van der Waals surface area contributed by atoms with Crippen LogP contribution in [0.2, 0.25) is 0 Å². The maximum absolute atomic E-state index is 11.2. The maximum atomic E-state index is 11.2. The molecule has 2 nitrogen and oxygen atoms in total. The molecule has 0 fully saturated rings. The Morgan fingerprint density at radius 3 is 2.13 bits per heavy atom. The Labute approximate surface area is 92.6 Å². The number of hydrogen-bond donors (Lipinski definition) is 1. The van der Waals surface area contributed by atoms with E-state index in [0.717, 1.165) is 11.1 Å². The molecule has 0 amide bonds. The molecule has 1 unspecified atom stereocenters. The zero-order valence-corrected chi connectivity index (χ0v) is 9.67. The van der Waals surface area contributed by atoms with Gasteiger partial charge in [0.2, 0.25) is 0 Å². The van der Waals surface area contributed by atoms with Crippen molar-refractivity contribution in [2.24, 2.45) is 0 Å². The van der Waals surface area contributed by atoms with Crippen molar-refractivity contribution >= 4 is 18.6 Å². The van der Waals surface area contributed by atoms with Crippen molar-refractivity contribution in [1.82, 2.24) is 0 Å². The summed E-state index contributed by atoms with van der Waals surface area (Å²) in [4.78, 5) is 0. The number of rotatable bonds is 2. The fourth-order valence-corrected chi connectivity index (χ4v) is 2.67. The molecule has 3 heteroatoms. The number of hydrogen-bond acceptors (Lipinski definition) is 1. The van der Waals surface area contributed by atoms with Gasteiger partial charge in [-0.1, -0.05) is 0 Å². The Morgan fingerprint density at radius 1 is 0.867 bits per heavy atom. The van der Waals surface area contributed by atoms with Crippen molar-refractivity contribution < 1.29 is 8.02 Å². The van der Waals surface area contributed by atoms with E-state index >= 15 is 0 Å². The Hall–Kier alpha value is -1.28. The van der Waals surface area contributed by atoms with Crippen molar-refractivity contribution in [3.63, 3.8) is 0 Å². The second-order valence-electron chi connectivity index (χ2n) is 3.11. The summed E-state index contributed by atoms with van der Waals surface area (Å²) in [6.45, 7) is 0. The summed E-state index contributed by atoms with van der Waals surface area (Å²) >= 11 is -2.86. The van der Waals surface area contributed by atoms with Gasteiger partial charge in [-0.05, 0) is 0 Å². The van der Waals surface area contributed by atoms with Crippen LogP contribution in [0, 0.1) is 0 Å². The van der Waals surface area contributed by atoms with Crippen molar-refractivity contribution in [3.05, 3.63) is 54.6 Å². The van der Waals surface area contributed by atoms with Crippen LogP contribution in [0.1, 0.15) is 0 Å². The molecule has 0 heterocycles. The molecule has 0 spiro atoms. The van der Waals surface area contributed by atoms with Gasteiger partial charge in [0.15, 0.2) is 0 Å². The molecule has 1 atom stereocenters. The van der Waals surface area contributed by atoms with Crippen molar-refractivity contribution in [2.75, 3.05) is 0 Å². The molecule has 0 saturated carbocycles. The second-order valence-corrected chi connectivity index (χ2v) is 5.08. The Balaban J connectivity index is 2.58. The van der Waals surface area contributed by atoms with Crippen molar-refractivity contribution in [1.29, 1.82) is 0 Å². The van der Waals surface area contributed by atoms with Gasteiger partial charge in [-0.25, -0.2) is 0 Å². The van der Waals surface area contributed by atoms with E-state index in [1.807, 2.05) is 42.5 Å². The molecule has 2 aromatic rings. The van der Waals surface area contributed by atoms with Crippen LogP contribution >= 0.6 is 0 Å². The molecule has 0 radical (unpaired) electrons. The molecule has 0 aliphatic rings. The van der Waals surface area contributed by atoms with E-state index in [4.69, 9.17) is 0 Å². The van der Waals surface area contributed by atoms with Gasteiger partial charge in [-0.2, -0.15) is 0 Å². The van der Waals surface area contributed by atoms with Crippen LogP contribution in [0.25, 0.3) is 11.1 Å². The van der Waals surface area contributed by atoms with E-state index in [0.29, 0.717) is 4.46 Å². The SMILES string of the molecule is O=[Se](O)c1ccccc1-c1ccccc1. The molecule has 1 N–H and O–H groups in total. The van der Waals surface area contributed by atoms with Gasteiger partial charge in [-0.15, -0.1) is 0 Å². The second kappa shape index (κ2) is 4.49. The third-order valence-electron chi connectivity index (χ3n) is 2.16. The van der Waals surface area contributed by atoms with Crippen LogP contribution in [0.3, 0.4) is 0 Å². The van der Waals surface area contributed by atoms with Crippen LogP contribution in [0.15, 0.2) is 54.6 Å². The van der Waals surface area contributed by atoms with Gasteiger partial charge >= 0.3 is 92.4 Å². The summed E-state index contributed by atoms with van der Waals surface area (Å²) in [5, 5.41) is 0. The molecule has 0 aliphatic heterocycles. The first-order chi connectivity index (χ1) is 7.29. The minimum atomic E-state index is -2.86. The summed E-state index contributed by atoms with van der Waals surface area (Å²) in [5.41, 5.74) is 1.83. The van der Waals surface area contributed by atoms with Gasteiger partial charge in [0.1, 0.15) is 0 Å². The van der Waals surface area contributed by atoms with Gasteiger partial charge in [0.05, 0.1) is 0 Å². The van der Waals surface area contributed by atoms with Crippen LogP contribution < -0.4 is 4.46 Å². The molecule has 0 aromatic heterocycles. The van der Waals surface area contributed by atoms with Crippen molar-refractivity contribution in [2.45, 2.75) is 0 Å². The first kappa shape index (κ1) is 10.2. The topological polar surface area (TPSA) is 37.3 Å². The molecule has 2 aromatic carbocycles. The number of benzene rings is 2. The van der Waals surface area contributed by atoms with E-state index in [9.17, 15) is 8.02 Å². The van der Waals surface area contributed by atoms with E-state index in [1.54, 1.807) is 12.1 Å². The molecule has 0 aliphatic carbocycles. The van der Waals surface area contributed by atoms with E-state index < -0.39 is 14.2 Å². The summed E-state index contributed by atoms with van der Waals surface area (Å²) < 4.78 is 21.0. The first-order valence-corrected chi connectivity index (χ1v) is 6.86. The average Bonchev–Trinajstić information content (AvgIpc) is 2.30. The Bertz CT molecular complexity index is 480. The van der Waals surface area contributed by atoms with Gasteiger partial charge in [-0.3, -0.25) is 0 Å². The summed E-state index contributed by atoms with van der Waals surface area (Å²) in [7, 11) is 0. The van der Waals surface area contributed by atoms with Crippen LogP contribution in [0.4, 0.5) is 0 Å². The van der Waals surface area contributed by atoms with Gasteiger partial charge in [0.25, 0.3) is 0 Å². The quantitative estimate of drug-likeness (QED) is 0.835. The molecular formula is C12H10O2Se. The normalized spacial score (nSPS) is 12.3. The molecule has 76 valence electrons. The Morgan fingerprint density at radius 2 is 1.47 bits per heavy atom. The predicted molar refractivity (Wildman–Crippen MR) is 60.2 cm³/mol. The van der Waals surface area contributed by atoms with E-state index in [-0.39, 0.29) is 0 Å². The molecule has 0 saturated heterocycles. The molecular weight excluding hydrogens is 255 g/mol. The molecule has 0 bridgehead atoms. The van der Waals surface area contributed by atoms with Gasteiger partial charge in [0, 0.05) is 0 Å².